The van der Waals surface area contributed by atoms with Crippen LogP contribution in [0, 0.1) is 13.8 Å². The van der Waals surface area contributed by atoms with Crippen LogP contribution in [0.1, 0.15) is 11.3 Å². The van der Waals surface area contributed by atoms with Gasteiger partial charge in [0.1, 0.15) is 5.82 Å². The summed E-state index contributed by atoms with van der Waals surface area (Å²) in [6.07, 6.45) is 1.75. The number of aryl methyl sites for hydroxylation is 2. The number of hydrogen-bond acceptors (Lipinski definition) is 2. The molecule has 0 bridgehead atoms. The van der Waals surface area contributed by atoms with Crippen molar-refractivity contribution in [3.8, 4) is 0 Å². The molecule has 0 aliphatic carbocycles. The first kappa shape index (κ1) is 11.7. The summed E-state index contributed by atoms with van der Waals surface area (Å²) in [5.74, 6) is 0.772. The fourth-order valence-corrected chi connectivity index (χ4v) is 1.42. The second kappa shape index (κ2) is 5.46. The van der Waals surface area contributed by atoms with Gasteiger partial charge in [0.15, 0.2) is 5.11 Å². The molecule has 80 valence electrons. The Bertz CT molecular complexity index is 354. The Morgan fingerprint density at radius 3 is 2.87 bits per heavy atom. The number of rotatable bonds is 3. The summed E-state index contributed by atoms with van der Waals surface area (Å²) in [4.78, 5) is 4.32. The molecule has 1 aromatic heterocycles. The molecule has 0 fully saturated rings. The zero-order valence-corrected chi connectivity index (χ0v) is 9.82. The summed E-state index contributed by atoms with van der Waals surface area (Å²) in [6.45, 7) is 8.24. The number of pyridine rings is 1. The summed E-state index contributed by atoms with van der Waals surface area (Å²) in [7, 11) is 0. The van der Waals surface area contributed by atoms with Gasteiger partial charge in [-0.1, -0.05) is 6.08 Å². The lowest BCUT2D eigenvalue weighted by Gasteiger charge is -2.09. The molecule has 0 aliphatic rings. The highest BCUT2D eigenvalue weighted by Crippen LogP contribution is 2.08. The Kier molecular flexibility index (Phi) is 4.24. The maximum Gasteiger partial charge on any atom is 0.172 e. The van der Waals surface area contributed by atoms with E-state index in [4.69, 9.17) is 12.2 Å². The quantitative estimate of drug-likeness (QED) is 0.606. The summed E-state index contributed by atoms with van der Waals surface area (Å²) < 4.78 is 0. The maximum atomic E-state index is 5.08. The van der Waals surface area contributed by atoms with E-state index in [1.807, 2.05) is 26.0 Å². The lowest BCUT2D eigenvalue weighted by molar-refractivity contribution is 1.06. The lowest BCUT2D eigenvalue weighted by Crippen LogP contribution is -2.28. The van der Waals surface area contributed by atoms with Gasteiger partial charge in [0.25, 0.3) is 0 Å². The van der Waals surface area contributed by atoms with Gasteiger partial charge in [0, 0.05) is 12.2 Å². The van der Waals surface area contributed by atoms with E-state index in [1.54, 1.807) is 6.08 Å². The van der Waals surface area contributed by atoms with Gasteiger partial charge < -0.3 is 10.6 Å². The molecule has 0 radical (unpaired) electrons. The van der Waals surface area contributed by atoms with E-state index in [-0.39, 0.29) is 0 Å². The highest BCUT2D eigenvalue weighted by atomic mass is 32.1. The van der Waals surface area contributed by atoms with Gasteiger partial charge in [-0.15, -0.1) is 6.58 Å². The number of thiocarbonyl (C=S) groups is 1. The van der Waals surface area contributed by atoms with Gasteiger partial charge in [0.05, 0.1) is 0 Å². The van der Waals surface area contributed by atoms with Crippen molar-refractivity contribution in [1.29, 1.82) is 0 Å². The van der Waals surface area contributed by atoms with Crippen LogP contribution in [0.15, 0.2) is 24.8 Å². The number of anilines is 1. The molecule has 0 saturated carbocycles. The standard InChI is InChI=1S/C11H15N3S/c1-4-5-12-11(15)14-10-7-8(2)6-9(3)13-10/h4,6-7H,1,5H2,2-3H3,(H2,12,13,14,15). The van der Waals surface area contributed by atoms with Gasteiger partial charge in [0.2, 0.25) is 0 Å². The molecule has 0 aromatic carbocycles. The van der Waals surface area contributed by atoms with Crippen molar-refractivity contribution in [3.05, 3.63) is 36.0 Å². The average molecular weight is 221 g/mol. The van der Waals surface area contributed by atoms with Crippen LogP contribution in [-0.4, -0.2) is 16.6 Å². The van der Waals surface area contributed by atoms with Gasteiger partial charge in [-0.05, 0) is 43.8 Å². The molecule has 0 atom stereocenters. The fourth-order valence-electron chi connectivity index (χ4n) is 1.23. The Balaban J connectivity index is 2.63. The van der Waals surface area contributed by atoms with Crippen molar-refractivity contribution >= 4 is 23.1 Å². The van der Waals surface area contributed by atoms with E-state index in [9.17, 15) is 0 Å². The number of nitrogens with one attached hydrogen (secondary N) is 2. The fraction of sp³-hybridized carbons (Fsp3) is 0.273. The highest BCUT2D eigenvalue weighted by molar-refractivity contribution is 7.80. The van der Waals surface area contributed by atoms with Crippen LogP contribution in [0.3, 0.4) is 0 Å². The minimum atomic E-state index is 0.562. The van der Waals surface area contributed by atoms with Crippen molar-refractivity contribution in [2.24, 2.45) is 0 Å². The molecule has 0 spiro atoms. The van der Waals surface area contributed by atoms with Crippen LogP contribution < -0.4 is 10.6 Å². The molecule has 0 aliphatic heterocycles. The van der Waals surface area contributed by atoms with Gasteiger partial charge in [-0.2, -0.15) is 0 Å². The Hall–Kier alpha value is -1.42. The third kappa shape index (κ3) is 4.08. The van der Waals surface area contributed by atoms with E-state index >= 15 is 0 Å². The number of hydrogen-bond donors (Lipinski definition) is 2. The van der Waals surface area contributed by atoms with E-state index in [2.05, 4.69) is 22.2 Å². The van der Waals surface area contributed by atoms with E-state index < -0.39 is 0 Å². The first-order valence-electron chi connectivity index (χ1n) is 4.73. The normalized spacial score (nSPS) is 9.47. The summed E-state index contributed by atoms with van der Waals surface area (Å²) >= 11 is 5.08. The zero-order chi connectivity index (χ0) is 11.3. The third-order valence-electron chi connectivity index (χ3n) is 1.75. The SMILES string of the molecule is C=CCNC(=S)Nc1cc(C)cc(C)n1. The first-order valence-corrected chi connectivity index (χ1v) is 5.13. The zero-order valence-electron chi connectivity index (χ0n) is 9.00. The molecule has 3 nitrogen and oxygen atoms in total. The topological polar surface area (TPSA) is 37.0 Å². The summed E-state index contributed by atoms with van der Waals surface area (Å²) in [5.41, 5.74) is 2.14. The molecule has 1 rings (SSSR count). The minimum absolute atomic E-state index is 0.562. The Morgan fingerprint density at radius 2 is 2.27 bits per heavy atom. The lowest BCUT2D eigenvalue weighted by atomic mass is 10.2. The smallest absolute Gasteiger partial charge is 0.172 e. The molecule has 0 unspecified atom stereocenters. The van der Waals surface area contributed by atoms with Crippen molar-refractivity contribution in [2.75, 3.05) is 11.9 Å². The molecule has 0 amide bonds. The van der Waals surface area contributed by atoms with E-state index in [0.717, 1.165) is 17.1 Å². The van der Waals surface area contributed by atoms with Gasteiger partial charge in [-0.3, -0.25) is 0 Å². The van der Waals surface area contributed by atoms with E-state index in [0.29, 0.717) is 11.7 Å². The molecule has 15 heavy (non-hydrogen) atoms. The predicted octanol–water partition coefficient (Wildman–Crippen LogP) is 2.17. The van der Waals surface area contributed by atoms with E-state index in [1.165, 1.54) is 0 Å². The second-order valence-corrected chi connectivity index (χ2v) is 3.70. The van der Waals surface area contributed by atoms with Crippen LogP contribution in [0.25, 0.3) is 0 Å². The van der Waals surface area contributed by atoms with Crippen molar-refractivity contribution < 1.29 is 0 Å². The summed E-state index contributed by atoms with van der Waals surface area (Å²) in [5, 5.41) is 6.56. The predicted molar refractivity (Wildman–Crippen MR) is 68.1 cm³/mol. The average Bonchev–Trinajstić information content (AvgIpc) is 2.13. The Labute approximate surface area is 95.6 Å². The minimum Gasteiger partial charge on any atom is -0.359 e. The second-order valence-electron chi connectivity index (χ2n) is 3.29. The molecule has 2 N–H and O–H groups in total. The highest BCUT2D eigenvalue weighted by Gasteiger charge is 1.99. The van der Waals surface area contributed by atoms with Gasteiger partial charge >= 0.3 is 0 Å². The molecular weight excluding hydrogens is 206 g/mol. The van der Waals surface area contributed by atoms with Crippen molar-refractivity contribution in [3.63, 3.8) is 0 Å². The molecule has 4 heteroatoms. The van der Waals surface area contributed by atoms with Crippen LogP contribution in [-0.2, 0) is 0 Å². The third-order valence-corrected chi connectivity index (χ3v) is 1.99. The van der Waals surface area contributed by atoms with Crippen LogP contribution in [0.5, 0.6) is 0 Å². The van der Waals surface area contributed by atoms with Crippen molar-refractivity contribution in [1.82, 2.24) is 10.3 Å². The van der Waals surface area contributed by atoms with Gasteiger partial charge in [-0.25, -0.2) is 4.98 Å². The van der Waals surface area contributed by atoms with Crippen LogP contribution in [0.2, 0.25) is 0 Å². The maximum absolute atomic E-state index is 5.08. The molecule has 0 saturated heterocycles. The van der Waals surface area contributed by atoms with Crippen molar-refractivity contribution in [2.45, 2.75) is 13.8 Å². The monoisotopic (exact) mass is 221 g/mol. The Morgan fingerprint density at radius 1 is 1.53 bits per heavy atom. The van der Waals surface area contributed by atoms with Crippen LogP contribution in [0.4, 0.5) is 5.82 Å². The molecule has 1 heterocycles. The molecule has 1 aromatic rings. The first-order chi connectivity index (χ1) is 7.11. The molecular formula is C11H15N3S. The number of nitrogens with zero attached hydrogens (tertiary/aromatic N) is 1. The number of aromatic nitrogens is 1. The largest absolute Gasteiger partial charge is 0.359 e. The summed E-state index contributed by atoms with van der Waals surface area (Å²) in [6, 6.07) is 3.97. The van der Waals surface area contributed by atoms with Crippen LogP contribution >= 0.6 is 12.2 Å².